The highest BCUT2D eigenvalue weighted by Gasteiger charge is 2.43. The minimum Gasteiger partial charge on any atom is -0.364 e. The molecule has 0 aromatic carbocycles. The highest BCUT2D eigenvalue weighted by Crippen LogP contribution is 2.45. The number of rotatable bonds is 4. The fourth-order valence-corrected chi connectivity index (χ4v) is 4.83. The number of H-pyrrole nitrogens is 1. The summed E-state index contributed by atoms with van der Waals surface area (Å²) in [7, 11) is 0. The van der Waals surface area contributed by atoms with Gasteiger partial charge in [0.2, 0.25) is 0 Å². The highest BCUT2D eigenvalue weighted by molar-refractivity contribution is 5.91. The molecule has 2 bridgehead atoms. The standard InChI is InChI=1S/C20H19F2N5O/c21-12-5-13-14(7-24-18(13)23-6-12)19-25-8-16(22)20(27-19)26-17-11-3-1-10(2-4-11)15(17)9-28/h5-11,15,17H,1-4H2,(H,23,24)(H,25,26,27)/t10?,11?,15-,17-/m0/s1. The highest BCUT2D eigenvalue weighted by atomic mass is 19.1. The van der Waals surface area contributed by atoms with Crippen LogP contribution >= 0.6 is 0 Å². The molecule has 0 radical (unpaired) electrons. The Morgan fingerprint density at radius 1 is 1.11 bits per heavy atom. The molecule has 6 rings (SSSR count). The van der Waals surface area contributed by atoms with Crippen LogP contribution in [-0.2, 0) is 4.79 Å². The second-order valence-corrected chi connectivity index (χ2v) is 7.70. The summed E-state index contributed by atoms with van der Waals surface area (Å²) in [5.41, 5.74) is 1.05. The SMILES string of the molecule is O=C[C@H]1C2CCC(CC2)[C@@H]1Nc1nc(-c2c[nH]c3ncc(F)cc23)ncc1F. The Morgan fingerprint density at radius 3 is 2.68 bits per heavy atom. The Labute approximate surface area is 159 Å². The first-order chi connectivity index (χ1) is 13.6. The molecule has 0 amide bonds. The summed E-state index contributed by atoms with van der Waals surface area (Å²) in [5, 5.41) is 3.71. The first-order valence-corrected chi connectivity index (χ1v) is 9.51. The first-order valence-electron chi connectivity index (χ1n) is 9.51. The Balaban J connectivity index is 1.51. The van der Waals surface area contributed by atoms with Crippen molar-refractivity contribution in [3.05, 3.63) is 36.3 Å². The van der Waals surface area contributed by atoms with Gasteiger partial charge in [-0.3, -0.25) is 0 Å². The van der Waals surface area contributed by atoms with Crippen molar-refractivity contribution in [3.63, 3.8) is 0 Å². The zero-order valence-electron chi connectivity index (χ0n) is 15.0. The molecule has 3 saturated carbocycles. The molecule has 6 nitrogen and oxygen atoms in total. The average molecular weight is 383 g/mol. The van der Waals surface area contributed by atoms with E-state index in [1.54, 1.807) is 6.20 Å². The molecule has 2 N–H and O–H groups in total. The van der Waals surface area contributed by atoms with Gasteiger partial charge in [-0.25, -0.2) is 23.7 Å². The lowest BCUT2D eigenvalue weighted by Gasteiger charge is -2.46. The number of nitrogens with zero attached hydrogens (tertiary/aromatic N) is 3. The van der Waals surface area contributed by atoms with Crippen LogP contribution in [0.2, 0.25) is 0 Å². The average Bonchev–Trinajstić information content (AvgIpc) is 3.13. The van der Waals surface area contributed by atoms with Crippen LogP contribution in [0.5, 0.6) is 0 Å². The van der Waals surface area contributed by atoms with Crippen LogP contribution in [-0.4, -0.2) is 32.3 Å². The number of pyridine rings is 1. The molecule has 0 unspecified atom stereocenters. The van der Waals surface area contributed by atoms with Crippen molar-refractivity contribution in [1.29, 1.82) is 0 Å². The maximum absolute atomic E-state index is 14.5. The van der Waals surface area contributed by atoms with E-state index in [2.05, 4.69) is 25.3 Å². The van der Waals surface area contributed by atoms with Gasteiger partial charge in [0.1, 0.15) is 17.8 Å². The van der Waals surface area contributed by atoms with Crippen LogP contribution in [0.25, 0.3) is 22.4 Å². The number of aromatic nitrogens is 4. The van der Waals surface area contributed by atoms with Crippen molar-refractivity contribution in [2.24, 2.45) is 17.8 Å². The molecule has 0 spiro atoms. The van der Waals surface area contributed by atoms with Gasteiger partial charge in [0.15, 0.2) is 17.5 Å². The molecule has 3 aromatic rings. The van der Waals surface area contributed by atoms with Gasteiger partial charge in [-0.15, -0.1) is 0 Å². The number of carbonyl (C=O) groups excluding carboxylic acids is 1. The minimum absolute atomic E-state index is 0.0770. The summed E-state index contributed by atoms with van der Waals surface area (Å²) >= 11 is 0. The summed E-state index contributed by atoms with van der Waals surface area (Å²) in [4.78, 5) is 27.0. The van der Waals surface area contributed by atoms with E-state index in [1.165, 1.54) is 6.07 Å². The number of aromatic amines is 1. The Bertz CT molecular complexity index is 1040. The van der Waals surface area contributed by atoms with E-state index in [0.717, 1.165) is 44.4 Å². The third kappa shape index (κ3) is 2.75. The van der Waals surface area contributed by atoms with E-state index in [9.17, 15) is 13.6 Å². The monoisotopic (exact) mass is 383 g/mol. The van der Waals surface area contributed by atoms with E-state index in [-0.39, 0.29) is 23.6 Å². The van der Waals surface area contributed by atoms with Crippen LogP contribution < -0.4 is 5.32 Å². The van der Waals surface area contributed by atoms with Crippen LogP contribution in [0.1, 0.15) is 25.7 Å². The number of aldehydes is 1. The van der Waals surface area contributed by atoms with Crippen LogP contribution in [0.3, 0.4) is 0 Å². The molecule has 3 aliphatic rings. The fourth-order valence-electron chi connectivity index (χ4n) is 4.83. The summed E-state index contributed by atoms with van der Waals surface area (Å²) < 4.78 is 28.1. The van der Waals surface area contributed by atoms with Gasteiger partial charge >= 0.3 is 0 Å². The van der Waals surface area contributed by atoms with E-state index >= 15 is 0 Å². The van der Waals surface area contributed by atoms with Gasteiger partial charge in [0.05, 0.1) is 12.4 Å². The summed E-state index contributed by atoms with van der Waals surface area (Å²) in [6.45, 7) is 0. The molecule has 0 saturated heterocycles. The smallest absolute Gasteiger partial charge is 0.183 e. The third-order valence-electron chi connectivity index (χ3n) is 6.23. The molecule has 2 atom stereocenters. The zero-order chi connectivity index (χ0) is 19.3. The molecular weight excluding hydrogens is 364 g/mol. The third-order valence-corrected chi connectivity index (χ3v) is 6.23. The van der Waals surface area contributed by atoms with E-state index < -0.39 is 11.6 Å². The lowest BCUT2D eigenvalue weighted by molar-refractivity contribution is -0.116. The normalized spacial score (nSPS) is 26.5. The van der Waals surface area contributed by atoms with Crippen LogP contribution in [0, 0.1) is 29.4 Å². The van der Waals surface area contributed by atoms with Gasteiger partial charge in [-0.1, -0.05) is 0 Å². The van der Waals surface area contributed by atoms with Gasteiger partial charge in [-0.2, -0.15) is 0 Å². The summed E-state index contributed by atoms with van der Waals surface area (Å²) in [6, 6.07) is 1.22. The molecule has 3 heterocycles. The molecule has 0 aliphatic heterocycles. The van der Waals surface area contributed by atoms with Crippen molar-refractivity contribution in [2.45, 2.75) is 31.7 Å². The molecule has 144 valence electrons. The molecule has 3 aliphatic carbocycles. The Morgan fingerprint density at radius 2 is 1.89 bits per heavy atom. The van der Waals surface area contributed by atoms with Crippen molar-refractivity contribution in [2.75, 3.05) is 5.32 Å². The molecule has 3 aromatic heterocycles. The predicted molar refractivity (Wildman–Crippen MR) is 99.4 cm³/mol. The largest absolute Gasteiger partial charge is 0.364 e. The molecule has 8 heteroatoms. The van der Waals surface area contributed by atoms with Crippen LogP contribution in [0.15, 0.2) is 24.7 Å². The maximum atomic E-state index is 14.5. The predicted octanol–water partition coefficient (Wildman–Crippen LogP) is 3.71. The zero-order valence-corrected chi connectivity index (χ0v) is 15.0. The lowest BCUT2D eigenvalue weighted by Crippen LogP contribution is -2.49. The van der Waals surface area contributed by atoms with Gasteiger partial charge in [0.25, 0.3) is 0 Å². The van der Waals surface area contributed by atoms with Gasteiger partial charge in [0, 0.05) is 29.1 Å². The van der Waals surface area contributed by atoms with Crippen molar-refractivity contribution >= 4 is 23.1 Å². The molecule has 28 heavy (non-hydrogen) atoms. The first kappa shape index (κ1) is 17.2. The number of carbonyl (C=O) groups is 1. The Hall–Kier alpha value is -2.90. The van der Waals surface area contributed by atoms with Crippen molar-refractivity contribution in [3.8, 4) is 11.4 Å². The van der Waals surface area contributed by atoms with E-state index in [0.29, 0.717) is 28.4 Å². The van der Waals surface area contributed by atoms with Gasteiger partial charge < -0.3 is 15.1 Å². The number of fused-ring (bicyclic) bond motifs is 4. The summed E-state index contributed by atoms with van der Waals surface area (Å²) in [6.07, 6.45) is 9.05. The Kier molecular flexibility index (Phi) is 4.07. The van der Waals surface area contributed by atoms with E-state index in [1.807, 2.05) is 0 Å². The number of anilines is 1. The van der Waals surface area contributed by atoms with Crippen molar-refractivity contribution < 1.29 is 13.6 Å². The van der Waals surface area contributed by atoms with Crippen LogP contribution in [0.4, 0.5) is 14.6 Å². The molecular formula is C20H19F2N5O. The van der Waals surface area contributed by atoms with Crippen molar-refractivity contribution in [1.82, 2.24) is 19.9 Å². The fraction of sp³-hybridized carbons (Fsp3) is 0.400. The lowest BCUT2D eigenvalue weighted by atomic mass is 9.62. The number of nitrogens with one attached hydrogen (secondary N) is 2. The number of halogens is 2. The molecule has 3 fully saturated rings. The quantitative estimate of drug-likeness (QED) is 0.671. The van der Waals surface area contributed by atoms with Gasteiger partial charge in [-0.05, 0) is 43.6 Å². The minimum atomic E-state index is -0.570. The topological polar surface area (TPSA) is 83.6 Å². The number of hydrogen-bond donors (Lipinski definition) is 2. The summed E-state index contributed by atoms with van der Waals surface area (Å²) in [5.74, 6) is -0.132. The maximum Gasteiger partial charge on any atom is 0.183 e. The van der Waals surface area contributed by atoms with E-state index in [4.69, 9.17) is 0 Å². The second-order valence-electron chi connectivity index (χ2n) is 7.70. The second kappa shape index (κ2) is 6.61. The number of hydrogen-bond acceptors (Lipinski definition) is 5.